The van der Waals surface area contributed by atoms with Gasteiger partial charge in [-0.3, -0.25) is 0 Å². The van der Waals surface area contributed by atoms with E-state index in [1.807, 2.05) is 0 Å². The zero-order chi connectivity index (χ0) is 0. The second-order valence-corrected chi connectivity index (χ2v) is 0. The third-order valence-corrected chi connectivity index (χ3v) is 0. The predicted molar refractivity (Wildman–Crippen MR) is 6.44 cm³/mol. The van der Waals surface area contributed by atoms with E-state index in [0.717, 1.165) is 0 Å². The van der Waals surface area contributed by atoms with Crippen molar-refractivity contribution in [2.45, 2.75) is 0 Å². The first kappa shape index (κ1) is 53.4. The Balaban J connectivity index is 0. The Kier molecular flexibility index (Phi) is 347. The summed E-state index contributed by atoms with van der Waals surface area (Å²) in [5, 5.41) is 0. The average molecular weight is 151 g/mol. The summed E-state index contributed by atoms with van der Waals surface area (Å²) in [7, 11) is 0. The van der Waals surface area contributed by atoms with E-state index in [1.54, 1.807) is 0 Å². The van der Waals surface area contributed by atoms with Crippen LogP contribution in [0.4, 0.5) is 0 Å². The van der Waals surface area contributed by atoms with Crippen LogP contribution in [0.5, 0.6) is 0 Å². The fourth-order valence-corrected chi connectivity index (χ4v) is 0. The third-order valence-electron chi connectivity index (χ3n) is 0. The van der Waals surface area contributed by atoms with E-state index in [-0.39, 0.29) is 54.9 Å². The standard InChI is InChI=1S/Co.O.Si.Ti. The summed E-state index contributed by atoms with van der Waals surface area (Å²) in [5.74, 6) is 0. The minimum Gasteiger partial charge on any atom is 0 e. The maximum Gasteiger partial charge on any atom is 0 e. The van der Waals surface area contributed by atoms with Gasteiger partial charge >= 0.3 is 0 Å². The summed E-state index contributed by atoms with van der Waals surface area (Å²) in [6.45, 7) is 0. The van der Waals surface area contributed by atoms with E-state index in [4.69, 9.17) is 0 Å². The maximum atomic E-state index is 0. The van der Waals surface area contributed by atoms with Crippen molar-refractivity contribution < 1.29 is 44.0 Å². The van der Waals surface area contributed by atoms with Crippen molar-refractivity contribution in [3.63, 3.8) is 0 Å². The second-order valence-electron chi connectivity index (χ2n) is 0. The van der Waals surface area contributed by atoms with Crippen LogP contribution in [-0.2, 0) is 44.0 Å². The normalized spacial score (nSPS) is 0. The monoisotopic (exact) mass is 151 g/mol. The Hall–Kier alpha value is 1.40. The molecule has 0 aromatic carbocycles. The zero-order valence-electron chi connectivity index (χ0n) is 1.74. The van der Waals surface area contributed by atoms with Gasteiger partial charge in [0.25, 0.3) is 0 Å². The van der Waals surface area contributed by atoms with E-state index < -0.39 is 0 Å². The van der Waals surface area contributed by atoms with Gasteiger partial charge in [0.15, 0.2) is 0 Å². The Morgan fingerprint density at radius 1 is 1.00 bits per heavy atom. The van der Waals surface area contributed by atoms with Crippen molar-refractivity contribution in [1.29, 1.82) is 0 Å². The van der Waals surface area contributed by atoms with Crippen LogP contribution in [0.1, 0.15) is 0 Å². The first-order valence-corrected chi connectivity index (χ1v) is 0. The molecule has 7 radical (unpaired) electrons. The Labute approximate surface area is 54.9 Å². The molecule has 0 unspecified atom stereocenters. The van der Waals surface area contributed by atoms with Crippen LogP contribution < -0.4 is 0 Å². The molecule has 0 atom stereocenters. The molecule has 0 aliphatic carbocycles. The smallest absolute Gasteiger partial charge is 0 e. The van der Waals surface area contributed by atoms with Crippen LogP contribution >= 0.6 is 0 Å². The van der Waals surface area contributed by atoms with Crippen LogP contribution in [0, 0.1) is 0 Å². The molecule has 4 heteroatoms. The first-order chi connectivity index (χ1) is 0. The maximum absolute atomic E-state index is 0. The summed E-state index contributed by atoms with van der Waals surface area (Å²) in [4.78, 5) is 0. The summed E-state index contributed by atoms with van der Waals surface area (Å²) in [6.07, 6.45) is 0. The van der Waals surface area contributed by atoms with Gasteiger partial charge in [-0.2, -0.15) is 0 Å². The SMILES string of the molecule is [Co].[O].[Si].[Ti]. The van der Waals surface area contributed by atoms with Crippen molar-refractivity contribution in [2.75, 3.05) is 0 Å². The average Bonchev–Trinajstić information content (AvgIpc) is 0. The van der Waals surface area contributed by atoms with Crippen LogP contribution in [0.15, 0.2) is 0 Å². The molecule has 0 rings (SSSR count). The van der Waals surface area contributed by atoms with E-state index in [9.17, 15) is 0 Å². The molecule has 0 amide bonds. The van der Waals surface area contributed by atoms with Crippen LogP contribution in [0.25, 0.3) is 0 Å². The number of rotatable bonds is 0. The van der Waals surface area contributed by atoms with Crippen molar-refractivity contribution >= 4 is 11.0 Å². The largest absolute Gasteiger partial charge is 0 e. The molecule has 0 aliphatic rings. The van der Waals surface area contributed by atoms with Gasteiger partial charge in [0, 0.05) is 54.9 Å². The van der Waals surface area contributed by atoms with Gasteiger partial charge in [0.2, 0.25) is 0 Å². The fraction of sp³-hybridized carbons (Fsp3) is 0. The van der Waals surface area contributed by atoms with Gasteiger partial charge in [-0.05, 0) is 0 Å². The van der Waals surface area contributed by atoms with E-state index in [0.29, 0.717) is 0 Å². The summed E-state index contributed by atoms with van der Waals surface area (Å²) in [5.41, 5.74) is 0. The predicted octanol–water partition coefficient (Wildman–Crippen LogP) is -0.505. The van der Waals surface area contributed by atoms with Crippen LogP contribution in [-0.4, -0.2) is 11.0 Å². The molecular weight excluding hydrogens is 151 g/mol. The van der Waals surface area contributed by atoms with Gasteiger partial charge in [0.05, 0.1) is 0 Å². The molecule has 0 bridgehead atoms. The first-order valence-electron chi connectivity index (χ1n) is 0. The van der Waals surface area contributed by atoms with Gasteiger partial charge in [-0.15, -0.1) is 0 Å². The summed E-state index contributed by atoms with van der Waals surface area (Å²) >= 11 is 0. The Morgan fingerprint density at radius 3 is 1.00 bits per heavy atom. The summed E-state index contributed by atoms with van der Waals surface area (Å²) < 4.78 is 0. The molecule has 0 fully saturated rings. The molecule has 0 aromatic heterocycles. The van der Waals surface area contributed by atoms with Crippen molar-refractivity contribution in [2.24, 2.45) is 0 Å². The topological polar surface area (TPSA) is 28.5 Å². The number of hydrogen-bond acceptors (Lipinski definition) is 0. The van der Waals surface area contributed by atoms with Crippen molar-refractivity contribution in [3.05, 3.63) is 0 Å². The van der Waals surface area contributed by atoms with Crippen molar-refractivity contribution in [1.82, 2.24) is 0 Å². The molecule has 0 aromatic rings. The molecule has 23 valence electrons. The molecule has 0 spiro atoms. The van der Waals surface area contributed by atoms with E-state index in [2.05, 4.69) is 0 Å². The van der Waals surface area contributed by atoms with Crippen LogP contribution in [0.3, 0.4) is 0 Å². The molecule has 0 saturated carbocycles. The van der Waals surface area contributed by atoms with Crippen molar-refractivity contribution in [3.8, 4) is 0 Å². The Morgan fingerprint density at radius 2 is 1.00 bits per heavy atom. The van der Waals surface area contributed by atoms with Gasteiger partial charge < -0.3 is 0 Å². The quantitative estimate of drug-likeness (QED) is 0.417. The molecule has 4 heavy (non-hydrogen) atoms. The van der Waals surface area contributed by atoms with Gasteiger partial charge in [0.1, 0.15) is 0 Å². The molecule has 0 N–H and O–H groups in total. The molecule has 0 heterocycles. The van der Waals surface area contributed by atoms with E-state index in [1.165, 1.54) is 0 Å². The zero-order valence-corrected chi connectivity index (χ0v) is 5.34. The number of hydrogen-bond donors (Lipinski definition) is 0. The third kappa shape index (κ3) is 10.00. The van der Waals surface area contributed by atoms with Crippen LogP contribution in [0.2, 0.25) is 0 Å². The molecular formula is CoOSiTi. The van der Waals surface area contributed by atoms with Gasteiger partial charge in [-0.1, -0.05) is 0 Å². The van der Waals surface area contributed by atoms with Gasteiger partial charge in [-0.25, -0.2) is 0 Å². The molecule has 0 aliphatic heterocycles. The Bertz CT molecular complexity index is 8.00. The molecule has 0 saturated heterocycles. The molecule has 1 nitrogen and oxygen atoms in total. The minimum absolute atomic E-state index is 0. The van der Waals surface area contributed by atoms with E-state index >= 15 is 0 Å². The summed E-state index contributed by atoms with van der Waals surface area (Å²) in [6, 6.07) is 0. The minimum atomic E-state index is 0. The fourth-order valence-electron chi connectivity index (χ4n) is 0. The second kappa shape index (κ2) is 26.0.